The van der Waals surface area contributed by atoms with Crippen LogP contribution in [0.2, 0.25) is 0 Å². The molecule has 1 fully saturated rings. The summed E-state index contributed by atoms with van der Waals surface area (Å²) in [6.07, 6.45) is 0.756. The van der Waals surface area contributed by atoms with Gasteiger partial charge in [-0.1, -0.05) is 0 Å². The molecule has 4 nitrogen and oxygen atoms in total. The first-order valence-corrected chi connectivity index (χ1v) is 4.18. The molecule has 0 aromatic heterocycles. The third-order valence-electron chi connectivity index (χ3n) is 2.23. The molecule has 0 bridgehead atoms. The van der Waals surface area contributed by atoms with Crippen molar-refractivity contribution < 1.29 is 10.2 Å². The largest absolute Gasteiger partial charge is 0.395 e. The van der Waals surface area contributed by atoms with Gasteiger partial charge in [0.05, 0.1) is 18.8 Å². The number of aliphatic hydroxyl groups is 2. The second-order valence-corrected chi connectivity index (χ2v) is 3.13. The fraction of sp³-hybridized carbons (Fsp3) is 0.875. The lowest BCUT2D eigenvalue weighted by molar-refractivity contribution is 0.158. The standard InChI is InChI=1S/C8H14N2O2/c9-2-1-3-10-5-8(12)4-7(10)6-11/h7-8,11-12H,1,3-6H2/t7?,8-/m0/s1. The molecule has 68 valence electrons. The quantitative estimate of drug-likeness (QED) is 0.589. The van der Waals surface area contributed by atoms with Crippen LogP contribution in [0.5, 0.6) is 0 Å². The molecule has 1 aliphatic heterocycles. The number of hydrogen-bond acceptors (Lipinski definition) is 4. The number of nitriles is 1. The monoisotopic (exact) mass is 170 g/mol. The van der Waals surface area contributed by atoms with Crippen LogP contribution in [0.15, 0.2) is 0 Å². The summed E-state index contributed by atoms with van der Waals surface area (Å²) < 4.78 is 0. The molecule has 0 aromatic rings. The molecule has 0 aromatic carbocycles. The van der Waals surface area contributed by atoms with Crippen molar-refractivity contribution in [3.05, 3.63) is 0 Å². The highest BCUT2D eigenvalue weighted by molar-refractivity contribution is 4.86. The Labute approximate surface area is 72.0 Å². The number of rotatable bonds is 3. The summed E-state index contributed by atoms with van der Waals surface area (Å²) in [5.74, 6) is 0. The summed E-state index contributed by atoms with van der Waals surface area (Å²) >= 11 is 0. The van der Waals surface area contributed by atoms with E-state index in [9.17, 15) is 5.11 Å². The van der Waals surface area contributed by atoms with Crippen molar-refractivity contribution in [1.82, 2.24) is 4.90 Å². The minimum Gasteiger partial charge on any atom is -0.395 e. The Morgan fingerprint density at radius 2 is 2.33 bits per heavy atom. The van der Waals surface area contributed by atoms with Crippen LogP contribution in [-0.4, -0.2) is 47.0 Å². The molecule has 0 radical (unpaired) electrons. The van der Waals surface area contributed by atoms with Crippen LogP contribution in [0, 0.1) is 11.3 Å². The zero-order valence-corrected chi connectivity index (χ0v) is 6.98. The molecule has 2 atom stereocenters. The molecule has 0 spiro atoms. The lowest BCUT2D eigenvalue weighted by Gasteiger charge is -2.20. The number of likely N-dealkylation sites (tertiary alicyclic amines) is 1. The maximum absolute atomic E-state index is 9.26. The smallest absolute Gasteiger partial charge is 0.0683 e. The summed E-state index contributed by atoms with van der Waals surface area (Å²) in [5, 5.41) is 26.5. The van der Waals surface area contributed by atoms with Gasteiger partial charge in [-0.15, -0.1) is 0 Å². The van der Waals surface area contributed by atoms with Crippen LogP contribution >= 0.6 is 0 Å². The van der Waals surface area contributed by atoms with Crippen LogP contribution in [0.3, 0.4) is 0 Å². The van der Waals surface area contributed by atoms with Crippen molar-refractivity contribution in [2.24, 2.45) is 0 Å². The SMILES string of the molecule is N#CCCN1C[C@@H](O)CC1CO. The van der Waals surface area contributed by atoms with E-state index in [1.54, 1.807) is 0 Å². The van der Waals surface area contributed by atoms with Gasteiger partial charge in [0.1, 0.15) is 0 Å². The number of nitrogens with zero attached hydrogens (tertiary/aromatic N) is 2. The van der Waals surface area contributed by atoms with E-state index in [-0.39, 0.29) is 18.8 Å². The van der Waals surface area contributed by atoms with Crippen molar-refractivity contribution in [1.29, 1.82) is 5.26 Å². The Morgan fingerprint density at radius 3 is 2.92 bits per heavy atom. The number of hydrogen-bond donors (Lipinski definition) is 2. The zero-order chi connectivity index (χ0) is 8.97. The molecular weight excluding hydrogens is 156 g/mol. The fourth-order valence-corrected chi connectivity index (χ4v) is 1.61. The summed E-state index contributed by atoms with van der Waals surface area (Å²) in [7, 11) is 0. The van der Waals surface area contributed by atoms with Gasteiger partial charge in [0.25, 0.3) is 0 Å². The first-order valence-electron chi connectivity index (χ1n) is 4.18. The maximum atomic E-state index is 9.26. The molecule has 1 heterocycles. The van der Waals surface area contributed by atoms with Gasteiger partial charge in [-0.25, -0.2) is 0 Å². The molecule has 0 aliphatic carbocycles. The Bertz CT molecular complexity index is 178. The van der Waals surface area contributed by atoms with Crippen LogP contribution in [0.1, 0.15) is 12.8 Å². The molecule has 1 aliphatic rings. The predicted octanol–water partition coefficient (Wildman–Crippen LogP) is -0.672. The van der Waals surface area contributed by atoms with Gasteiger partial charge >= 0.3 is 0 Å². The molecule has 0 saturated carbocycles. The first-order chi connectivity index (χ1) is 5.77. The van der Waals surface area contributed by atoms with Gasteiger partial charge in [0.2, 0.25) is 0 Å². The first kappa shape index (κ1) is 9.46. The average molecular weight is 170 g/mol. The Hall–Kier alpha value is -0.630. The Morgan fingerprint density at radius 1 is 1.58 bits per heavy atom. The molecule has 1 rings (SSSR count). The molecular formula is C8H14N2O2. The van der Waals surface area contributed by atoms with E-state index in [4.69, 9.17) is 10.4 Å². The van der Waals surface area contributed by atoms with Crippen molar-refractivity contribution in [2.75, 3.05) is 19.7 Å². The highest BCUT2D eigenvalue weighted by Gasteiger charge is 2.29. The van der Waals surface area contributed by atoms with Gasteiger partial charge in [0, 0.05) is 25.6 Å². The van der Waals surface area contributed by atoms with Crippen LogP contribution < -0.4 is 0 Å². The van der Waals surface area contributed by atoms with Crippen LogP contribution in [0.4, 0.5) is 0 Å². The molecule has 12 heavy (non-hydrogen) atoms. The van der Waals surface area contributed by atoms with Crippen molar-refractivity contribution in [2.45, 2.75) is 25.0 Å². The molecule has 4 heteroatoms. The molecule has 1 unspecified atom stereocenters. The molecule has 1 saturated heterocycles. The zero-order valence-electron chi connectivity index (χ0n) is 6.98. The van der Waals surface area contributed by atoms with Gasteiger partial charge in [0.15, 0.2) is 0 Å². The normalized spacial score (nSPS) is 30.4. The molecule has 0 amide bonds. The second kappa shape index (κ2) is 4.41. The fourth-order valence-electron chi connectivity index (χ4n) is 1.61. The van der Waals surface area contributed by atoms with Crippen molar-refractivity contribution >= 4 is 0 Å². The van der Waals surface area contributed by atoms with Crippen molar-refractivity contribution in [3.8, 4) is 6.07 Å². The van der Waals surface area contributed by atoms with Gasteiger partial charge in [-0.05, 0) is 6.42 Å². The summed E-state index contributed by atoms with van der Waals surface area (Å²) in [6, 6.07) is 2.10. The highest BCUT2D eigenvalue weighted by atomic mass is 16.3. The van der Waals surface area contributed by atoms with Gasteiger partial charge < -0.3 is 10.2 Å². The van der Waals surface area contributed by atoms with Gasteiger partial charge in [-0.2, -0.15) is 5.26 Å². The summed E-state index contributed by atoms with van der Waals surface area (Å²) in [4.78, 5) is 1.97. The van der Waals surface area contributed by atoms with E-state index in [0.29, 0.717) is 25.9 Å². The van der Waals surface area contributed by atoms with E-state index >= 15 is 0 Å². The topological polar surface area (TPSA) is 67.5 Å². The Balaban J connectivity index is 2.36. The van der Waals surface area contributed by atoms with E-state index in [2.05, 4.69) is 0 Å². The second-order valence-electron chi connectivity index (χ2n) is 3.13. The lowest BCUT2D eigenvalue weighted by Crippen LogP contribution is -2.33. The summed E-state index contributed by atoms with van der Waals surface area (Å²) in [6.45, 7) is 1.31. The minimum absolute atomic E-state index is 0.0494. The number of β-amino-alcohol motifs (C(OH)–C–C–N with tert-alkyl or cyclic N) is 1. The van der Waals surface area contributed by atoms with E-state index in [1.807, 2.05) is 11.0 Å². The summed E-state index contributed by atoms with van der Waals surface area (Å²) in [5.41, 5.74) is 0. The van der Waals surface area contributed by atoms with Gasteiger partial charge in [-0.3, -0.25) is 4.90 Å². The van der Waals surface area contributed by atoms with Crippen molar-refractivity contribution in [3.63, 3.8) is 0 Å². The third kappa shape index (κ3) is 2.18. The van der Waals surface area contributed by atoms with E-state index < -0.39 is 0 Å². The maximum Gasteiger partial charge on any atom is 0.0683 e. The molecule has 2 N–H and O–H groups in total. The number of aliphatic hydroxyl groups excluding tert-OH is 2. The van der Waals surface area contributed by atoms with Crippen LogP contribution in [0.25, 0.3) is 0 Å². The third-order valence-corrected chi connectivity index (χ3v) is 2.23. The van der Waals surface area contributed by atoms with E-state index in [1.165, 1.54) is 0 Å². The predicted molar refractivity (Wildman–Crippen MR) is 43.3 cm³/mol. The lowest BCUT2D eigenvalue weighted by atomic mass is 10.2. The average Bonchev–Trinajstić information content (AvgIpc) is 2.42. The van der Waals surface area contributed by atoms with Crippen LogP contribution in [-0.2, 0) is 0 Å². The van der Waals surface area contributed by atoms with E-state index in [0.717, 1.165) is 0 Å². The Kier molecular flexibility index (Phi) is 3.48. The highest BCUT2D eigenvalue weighted by Crippen LogP contribution is 2.16. The minimum atomic E-state index is -0.333.